The van der Waals surface area contributed by atoms with Crippen LogP contribution >= 0.6 is 11.8 Å². The summed E-state index contributed by atoms with van der Waals surface area (Å²) in [6, 6.07) is 13.8. The maximum Gasteiger partial charge on any atom is 0.243 e. The van der Waals surface area contributed by atoms with Crippen molar-refractivity contribution in [2.24, 2.45) is 0 Å². The summed E-state index contributed by atoms with van der Waals surface area (Å²) >= 11 is 1.31. The topological polar surface area (TPSA) is 80.1 Å². The van der Waals surface area contributed by atoms with E-state index in [-0.39, 0.29) is 24.1 Å². The van der Waals surface area contributed by atoms with E-state index < -0.39 is 0 Å². The number of nitrogens with one attached hydrogen (secondary N) is 1. The fourth-order valence-electron chi connectivity index (χ4n) is 3.15. The predicted molar refractivity (Wildman–Crippen MR) is 124 cm³/mol. The molecule has 0 unspecified atom stereocenters. The standard InChI is InChI=1S/C23H27N5O2S/c1-5-18-10-6-7-12-20(18)28-15-24-26-23(28)31-14-22(30)27(4)13-21(29)25-19-11-8-9-16(2)17(19)3/h6-12,15H,5,13-14H2,1-4H3,(H,25,29). The maximum atomic E-state index is 12.6. The first-order valence-electron chi connectivity index (χ1n) is 10.1. The van der Waals surface area contributed by atoms with Gasteiger partial charge >= 0.3 is 0 Å². The lowest BCUT2D eigenvalue weighted by Gasteiger charge is -2.17. The van der Waals surface area contributed by atoms with Crippen LogP contribution in [-0.4, -0.2) is 50.8 Å². The van der Waals surface area contributed by atoms with Crippen LogP contribution in [0.25, 0.3) is 5.69 Å². The van der Waals surface area contributed by atoms with Gasteiger partial charge in [0.2, 0.25) is 11.8 Å². The summed E-state index contributed by atoms with van der Waals surface area (Å²) in [6.07, 6.45) is 2.54. The first-order chi connectivity index (χ1) is 14.9. The molecular weight excluding hydrogens is 410 g/mol. The van der Waals surface area contributed by atoms with Crippen LogP contribution in [0.1, 0.15) is 23.6 Å². The third-order valence-corrected chi connectivity index (χ3v) is 6.09. The number of aryl methyl sites for hydroxylation is 2. The number of rotatable bonds is 8. The van der Waals surface area contributed by atoms with E-state index in [2.05, 4.69) is 28.5 Å². The molecule has 0 radical (unpaired) electrons. The first kappa shape index (κ1) is 22.6. The predicted octanol–water partition coefficient (Wildman–Crippen LogP) is 3.64. The second kappa shape index (κ2) is 10.3. The third kappa shape index (κ3) is 5.52. The SMILES string of the molecule is CCc1ccccc1-n1cnnc1SCC(=O)N(C)CC(=O)Nc1cccc(C)c1C. The first-order valence-corrected chi connectivity index (χ1v) is 11.1. The van der Waals surface area contributed by atoms with Gasteiger partial charge in [-0.2, -0.15) is 0 Å². The molecule has 1 N–H and O–H groups in total. The van der Waals surface area contributed by atoms with E-state index >= 15 is 0 Å². The number of aromatic nitrogens is 3. The van der Waals surface area contributed by atoms with Crippen molar-refractivity contribution in [3.05, 3.63) is 65.5 Å². The number of thioether (sulfide) groups is 1. The molecule has 2 amide bonds. The summed E-state index contributed by atoms with van der Waals surface area (Å²) in [4.78, 5) is 26.4. The zero-order valence-electron chi connectivity index (χ0n) is 18.3. The quantitative estimate of drug-likeness (QED) is 0.544. The summed E-state index contributed by atoms with van der Waals surface area (Å²) in [7, 11) is 1.63. The Labute approximate surface area is 186 Å². The number of nitrogens with zero attached hydrogens (tertiary/aromatic N) is 4. The Kier molecular flexibility index (Phi) is 7.46. The second-order valence-corrected chi connectivity index (χ2v) is 8.24. The summed E-state index contributed by atoms with van der Waals surface area (Å²) in [5.41, 5.74) is 5.07. The number of benzene rings is 2. The van der Waals surface area contributed by atoms with E-state index in [0.717, 1.165) is 28.9 Å². The van der Waals surface area contributed by atoms with Crippen molar-refractivity contribution in [2.45, 2.75) is 32.3 Å². The van der Waals surface area contributed by atoms with Gasteiger partial charge in [-0.05, 0) is 49.1 Å². The van der Waals surface area contributed by atoms with Crippen molar-refractivity contribution in [2.75, 3.05) is 24.7 Å². The van der Waals surface area contributed by atoms with Gasteiger partial charge in [0.25, 0.3) is 0 Å². The summed E-state index contributed by atoms with van der Waals surface area (Å²) in [5.74, 6) is -0.214. The van der Waals surface area contributed by atoms with Crippen LogP contribution in [0.2, 0.25) is 0 Å². The molecule has 0 spiro atoms. The normalized spacial score (nSPS) is 10.7. The minimum absolute atomic E-state index is 0.0157. The average molecular weight is 438 g/mol. The molecule has 0 aliphatic carbocycles. The molecule has 2 aromatic carbocycles. The van der Waals surface area contributed by atoms with E-state index in [1.807, 2.05) is 54.8 Å². The van der Waals surface area contributed by atoms with Crippen molar-refractivity contribution >= 4 is 29.3 Å². The van der Waals surface area contributed by atoms with Crippen molar-refractivity contribution in [3.8, 4) is 5.69 Å². The van der Waals surface area contributed by atoms with Gasteiger partial charge in [-0.25, -0.2) is 0 Å². The lowest BCUT2D eigenvalue weighted by atomic mass is 10.1. The van der Waals surface area contributed by atoms with Crippen LogP contribution in [-0.2, 0) is 16.0 Å². The fourth-order valence-corrected chi connectivity index (χ4v) is 4.01. The molecule has 0 saturated heterocycles. The lowest BCUT2D eigenvalue weighted by Crippen LogP contribution is -2.36. The molecule has 0 aliphatic heterocycles. The van der Waals surface area contributed by atoms with Crippen LogP contribution in [0.3, 0.4) is 0 Å². The third-order valence-electron chi connectivity index (χ3n) is 5.16. The zero-order chi connectivity index (χ0) is 22.4. The molecule has 0 aliphatic rings. The maximum absolute atomic E-state index is 12.6. The average Bonchev–Trinajstić information content (AvgIpc) is 3.23. The van der Waals surface area contributed by atoms with Gasteiger partial charge in [0.05, 0.1) is 18.0 Å². The van der Waals surface area contributed by atoms with E-state index in [1.165, 1.54) is 22.2 Å². The Bertz CT molecular complexity index is 1080. The second-order valence-electron chi connectivity index (χ2n) is 7.30. The molecule has 3 rings (SSSR count). The van der Waals surface area contributed by atoms with Crippen LogP contribution in [0.5, 0.6) is 0 Å². The number of anilines is 1. The zero-order valence-corrected chi connectivity index (χ0v) is 19.1. The molecular formula is C23H27N5O2S. The van der Waals surface area contributed by atoms with Gasteiger partial charge in [-0.3, -0.25) is 14.2 Å². The number of carbonyl (C=O) groups is 2. The summed E-state index contributed by atoms with van der Waals surface area (Å²) < 4.78 is 1.89. The molecule has 162 valence electrons. The van der Waals surface area contributed by atoms with Gasteiger partial charge in [0.1, 0.15) is 6.33 Å². The van der Waals surface area contributed by atoms with Crippen molar-refractivity contribution in [3.63, 3.8) is 0 Å². The van der Waals surface area contributed by atoms with Crippen molar-refractivity contribution < 1.29 is 9.59 Å². The highest BCUT2D eigenvalue weighted by Crippen LogP contribution is 2.23. The molecule has 7 nitrogen and oxygen atoms in total. The van der Waals surface area contributed by atoms with Gasteiger partial charge in [0, 0.05) is 12.7 Å². The van der Waals surface area contributed by atoms with Crippen molar-refractivity contribution in [1.29, 1.82) is 0 Å². The number of hydrogen-bond acceptors (Lipinski definition) is 5. The molecule has 0 atom stereocenters. The van der Waals surface area contributed by atoms with Gasteiger partial charge in [0.15, 0.2) is 5.16 Å². The molecule has 0 fully saturated rings. The number of carbonyl (C=O) groups excluding carboxylic acids is 2. The van der Waals surface area contributed by atoms with E-state index in [1.54, 1.807) is 13.4 Å². The Morgan fingerprint density at radius 1 is 1.13 bits per heavy atom. The smallest absolute Gasteiger partial charge is 0.243 e. The molecule has 1 aromatic heterocycles. The number of likely N-dealkylation sites (N-methyl/N-ethyl adjacent to an activating group) is 1. The van der Waals surface area contributed by atoms with Crippen LogP contribution in [0, 0.1) is 13.8 Å². The molecule has 3 aromatic rings. The Morgan fingerprint density at radius 2 is 1.90 bits per heavy atom. The monoisotopic (exact) mass is 437 g/mol. The fraction of sp³-hybridized carbons (Fsp3) is 0.304. The molecule has 0 saturated carbocycles. The van der Waals surface area contributed by atoms with Crippen LogP contribution in [0.15, 0.2) is 53.9 Å². The Balaban J connectivity index is 1.58. The van der Waals surface area contributed by atoms with Gasteiger partial charge in [-0.1, -0.05) is 49.0 Å². The molecule has 1 heterocycles. The molecule has 0 bridgehead atoms. The number of amides is 2. The van der Waals surface area contributed by atoms with Crippen LogP contribution < -0.4 is 5.32 Å². The number of hydrogen-bond donors (Lipinski definition) is 1. The Hall–Kier alpha value is -3.13. The summed E-state index contributed by atoms with van der Waals surface area (Å²) in [5, 5.41) is 11.7. The highest BCUT2D eigenvalue weighted by atomic mass is 32.2. The van der Waals surface area contributed by atoms with E-state index in [0.29, 0.717) is 5.16 Å². The highest BCUT2D eigenvalue weighted by molar-refractivity contribution is 7.99. The summed E-state index contributed by atoms with van der Waals surface area (Å²) in [6.45, 7) is 6.04. The van der Waals surface area contributed by atoms with E-state index in [9.17, 15) is 9.59 Å². The molecule has 31 heavy (non-hydrogen) atoms. The number of para-hydroxylation sites is 1. The van der Waals surface area contributed by atoms with E-state index in [4.69, 9.17) is 0 Å². The van der Waals surface area contributed by atoms with Gasteiger partial charge in [-0.15, -0.1) is 10.2 Å². The highest BCUT2D eigenvalue weighted by Gasteiger charge is 2.17. The van der Waals surface area contributed by atoms with Crippen molar-refractivity contribution in [1.82, 2.24) is 19.7 Å². The minimum atomic E-state index is -0.227. The molecule has 8 heteroatoms. The lowest BCUT2D eigenvalue weighted by molar-refractivity contribution is -0.131. The Morgan fingerprint density at radius 3 is 2.68 bits per heavy atom. The largest absolute Gasteiger partial charge is 0.336 e. The van der Waals surface area contributed by atoms with Gasteiger partial charge < -0.3 is 10.2 Å². The minimum Gasteiger partial charge on any atom is -0.336 e. The van der Waals surface area contributed by atoms with Crippen LogP contribution in [0.4, 0.5) is 5.69 Å².